The minimum atomic E-state index is -0.0301. The Morgan fingerprint density at radius 1 is 0.857 bits per heavy atom. The lowest BCUT2D eigenvalue weighted by Gasteiger charge is -2.35. The molecule has 1 aromatic carbocycles. The molecule has 0 unspecified atom stereocenters. The third kappa shape index (κ3) is 4.25. The molecule has 2 aliphatic heterocycles. The van der Waals surface area contributed by atoms with Crippen LogP contribution in [-0.2, 0) is 0 Å². The molecule has 2 aromatic rings. The summed E-state index contributed by atoms with van der Waals surface area (Å²) in [6.45, 7) is 4.86. The molecule has 1 amide bonds. The molecule has 4 rings (SSSR count). The summed E-state index contributed by atoms with van der Waals surface area (Å²) >= 11 is 9.62. The van der Waals surface area contributed by atoms with Crippen LogP contribution >= 0.6 is 27.5 Å². The zero-order valence-electron chi connectivity index (χ0n) is 15.7. The fourth-order valence-electron chi connectivity index (χ4n) is 3.75. The maximum Gasteiger partial charge on any atom is 0.255 e. The molecule has 148 valence electrons. The van der Waals surface area contributed by atoms with Crippen molar-refractivity contribution in [2.24, 2.45) is 0 Å². The van der Waals surface area contributed by atoms with E-state index in [1.807, 2.05) is 17.0 Å². The third-order valence-electron chi connectivity index (χ3n) is 5.37. The van der Waals surface area contributed by atoms with E-state index in [0.29, 0.717) is 23.7 Å². The van der Waals surface area contributed by atoms with Gasteiger partial charge < -0.3 is 14.7 Å². The minimum Gasteiger partial charge on any atom is -0.355 e. The highest BCUT2D eigenvalue weighted by Gasteiger charge is 2.25. The Hall–Kier alpha value is -1.86. The number of piperazine rings is 1. The summed E-state index contributed by atoms with van der Waals surface area (Å²) in [5.74, 6) is 1.80. The lowest BCUT2D eigenvalue weighted by Crippen LogP contribution is -2.49. The molecule has 0 N–H and O–H groups in total. The van der Waals surface area contributed by atoms with Gasteiger partial charge in [0, 0.05) is 43.7 Å². The van der Waals surface area contributed by atoms with Crippen LogP contribution in [0.1, 0.15) is 29.6 Å². The van der Waals surface area contributed by atoms with Crippen LogP contribution in [-0.4, -0.2) is 60.3 Å². The molecule has 0 spiro atoms. The van der Waals surface area contributed by atoms with Crippen LogP contribution in [0.2, 0.25) is 5.02 Å². The number of anilines is 2. The highest BCUT2D eigenvalue weighted by Crippen LogP contribution is 2.24. The van der Waals surface area contributed by atoms with Gasteiger partial charge in [-0.25, -0.2) is 0 Å². The van der Waals surface area contributed by atoms with E-state index >= 15 is 0 Å². The zero-order chi connectivity index (χ0) is 19.5. The van der Waals surface area contributed by atoms with Crippen molar-refractivity contribution in [2.45, 2.75) is 19.3 Å². The summed E-state index contributed by atoms with van der Waals surface area (Å²) in [7, 11) is 0. The highest BCUT2D eigenvalue weighted by molar-refractivity contribution is 9.10. The molecular weight excluding hydrogens is 442 g/mol. The van der Waals surface area contributed by atoms with Gasteiger partial charge in [0.1, 0.15) is 0 Å². The van der Waals surface area contributed by atoms with Gasteiger partial charge in [0.15, 0.2) is 11.6 Å². The van der Waals surface area contributed by atoms with E-state index in [1.54, 1.807) is 12.1 Å². The standard InChI is InChI=1S/C20H23BrClN5O/c21-15-4-5-17(22)16(14-15)20(28)27-12-10-26(11-13-27)19-7-6-18(23-24-19)25-8-2-1-3-9-25/h4-7,14H,1-3,8-13H2. The molecular formula is C20H23BrClN5O. The summed E-state index contributed by atoms with van der Waals surface area (Å²) in [6.07, 6.45) is 3.75. The van der Waals surface area contributed by atoms with Crippen LogP contribution in [0.25, 0.3) is 0 Å². The smallest absolute Gasteiger partial charge is 0.255 e. The molecule has 0 radical (unpaired) electrons. The molecule has 2 fully saturated rings. The van der Waals surface area contributed by atoms with E-state index in [1.165, 1.54) is 19.3 Å². The van der Waals surface area contributed by atoms with Crippen molar-refractivity contribution in [1.82, 2.24) is 15.1 Å². The maximum atomic E-state index is 12.8. The third-order valence-corrected chi connectivity index (χ3v) is 6.19. The summed E-state index contributed by atoms with van der Waals surface area (Å²) in [4.78, 5) is 19.1. The zero-order valence-corrected chi connectivity index (χ0v) is 18.0. The van der Waals surface area contributed by atoms with Crippen molar-refractivity contribution in [3.05, 3.63) is 45.4 Å². The van der Waals surface area contributed by atoms with E-state index in [4.69, 9.17) is 11.6 Å². The first-order valence-corrected chi connectivity index (χ1v) is 10.9. The Bertz CT molecular complexity index is 833. The van der Waals surface area contributed by atoms with Crippen molar-refractivity contribution >= 4 is 45.1 Å². The Kier molecular flexibility index (Phi) is 6.01. The van der Waals surface area contributed by atoms with Gasteiger partial charge in [-0.05, 0) is 49.6 Å². The number of benzene rings is 1. The number of amides is 1. The van der Waals surface area contributed by atoms with Crippen LogP contribution < -0.4 is 9.80 Å². The molecule has 3 heterocycles. The van der Waals surface area contributed by atoms with Crippen molar-refractivity contribution in [3.8, 4) is 0 Å². The lowest BCUT2D eigenvalue weighted by atomic mass is 10.1. The second-order valence-corrected chi connectivity index (χ2v) is 8.52. The molecule has 0 aliphatic carbocycles. The topological polar surface area (TPSA) is 52.6 Å². The predicted molar refractivity (Wildman–Crippen MR) is 115 cm³/mol. The van der Waals surface area contributed by atoms with E-state index in [9.17, 15) is 4.79 Å². The average Bonchev–Trinajstić information content (AvgIpc) is 2.76. The first-order chi connectivity index (χ1) is 13.6. The number of hydrogen-bond acceptors (Lipinski definition) is 5. The largest absolute Gasteiger partial charge is 0.355 e. The molecule has 2 aliphatic rings. The van der Waals surface area contributed by atoms with Gasteiger partial charge in [-0.15, -0.1) is 10.2 Å². The molecule has 0 atom stereocenters. The maximum absolute atomic E-state index is 12.8. The molecule has 6 nitrogen and oxygen atoms in total. The van der Waals surface area contributed by atoms with E-state index in [2.05, 4.69) is 42.0 Å². The lowest BCUT2D eigenvalue weighted by molar-refractivity contribution is 0.0746. The second-order valence-electron chi connectivity index (χ2n) is 7.20. The SMILES string of the molecule is O=C(c1cc(Br)ccc1Cl)N1CCN(c2ccc(N3CCCCC3)nn2)CC1. The van der Waals surface area contributed by atoms with Crippen molar-refractivity contribution in [1.29, 1.82) is 0 Å². The number of aromatic nitrogens is 2. The van der Waals surface area contributed by atoms with E-state index < -0.39 is 0 Å². The summed E-state index contributed by atoms with van der Waals surface area (Å²) in [5, 5.41) is 9.35. The van der Waals surface area contributed by atoms with Gasteiger partial charge in [0.25, 0.3) is 5.91 Å². The fraction of sp³-hybridized carbons (Fsp3) is 0.450. The number of nitrogens with zero attached hydrogens (tertiary/aromatic N) is 5. The molecule has 2 saturated heterocycles. The van der Waals surface area contributed by atoms with Crippen molar-refractivity contribution in [2.75, 3.05) is 49.1 Å². The van der Waals surface area contributed by atoms with Crippen LogP contribution in [0.15, 0.2) is 34.8 Å². The van der Waals surface area contributed by atoms with Crippen LogP contribution in [0.4, 0.5) is 11.6 Å². The predicted octanol–water partition coefficient (Wildman–Crippen LogP) is 3.85. The number of carbonyl (C=O) groups is 1. The fourth-order valence-corrected chi connectivity index (χ4v) is 4.31. The molecule has 1 aromatic heterocycles. The average molecular weight is 465 g/mol. The summed E-state index contributed by atoms with van der Waals surface area (Å²) in [5.41, 5.74) is 0.537. The number of carbonyl (C=O) groups excluding carboxylic acids is 1. The van der Waals surface area contributed by atoms with Gasteiger partial charge in [0.05, 0.1) is 10.6 Å². The van der Waals surface area contributed by atoms with Gasteiger partial charge in [-0.3, -0.25) is 4.79 Å². The normalized spacial score (nSPS) is 17.7. The summed E-state index contributed by atoms with van der Waals surface area (Å²) in [6, 6.07) is 9.46. The Morgan fingerprint density at radius 2 is 1.46 bits per heavy atom. The van der Waals surface area contributed by atoms with Gasteiger partial charge >= 0.3 is 0 Å². The van der Waals surface area contributed by atoms with E-state index in [0.717, 1.165) is 42.3 Å². The van der Waals surface area contributed by atoms with Crippen LogP contribution in [0.5, 0.6) is 0 Å². The molecule has 0 bridgehead atoms. The quantitative estimate of drug-likeness (QED) is 0.691. The van der Waals surface area contributed by atoms with E-state index in [-0.39, 0.29) is 5.91 Å². The second kappa shape index (κ2) is 8.66. The monoisotopic (exact) mass is 463 g/mol. The van der Waals surface area contributed by atoms with Crippen molar-refractivity contribution < 1.29 is 4.79 Å². The number of rotatable bonds is 3. The number of halogens is 2. The Labute approximate surface area is 178 Å². The van der Waals surface area contributed by atoms with Crippen molar-refractivity contribution in [3.63, 3.8) is 0 Å². The first kappa shape index (κ1) is 19.5. The van der Waals surface area contributed by atoms with Crippen LogP contribution in [0, 0.1) is 0 Å². The van der Waals surface area contributed by atoms with Gasteiger partial charge in [-0.1, -0.05) is 27.5 Å². The Balaban J connectivity index is 1.37. The van der Waals surface area contributed by atoms with Gasteiger partial charge in [-0.2, -0.15) is 0 Å². The first-order valence-electron chi connectivity index (χ1n) is 9.70. The summed E-state index contributed by atoms with van der Waals surface area (Å²) < 4.78 is 0.850. The molecule has 28 heavy (non-hydrogen) atoms. The molecule has 8 heteroatoms. The highest BCUT2D eigenvalue weighted by atomic mass is 79.9. The van der Waals surface area contributed by atoms with Crippen LogP contribution in [0.3, 0.4) is 0 Å². The minimum absolute atomic E-state index is 0.0301. The van der Waals surface area contributed by atoms with Gasteiger partial charge in [0.2, 0.25) is 0 Å². The number of hydrogen-bond donors (Lipinski definition) is 0. The number of piperidine rings is 1. The molecule has 0 saturated carbocycles. The Morgan fingerprint density at radius 3 is 2.07 bits per heavy atom.